The Labute approximate surface area is 150 Å². The lowest BCUT2D eigenvalue weighted by molar-refractivity contribution is 0.209. The van der Waals surface area contributed by atoms with Crippen LogP contribution in [-0.2, 0) is 19.9 Å². The quantitative estimate of drug-likeness (QED) is 0.788. The summed E-state index contributed by atoms with van der Waals surface area (Å²) in [5.74, 6) is 0. The normalized spacial score (nSPS) is 22.1. The van der Waals surface area contributed by atoms with Crippen molar-refractivity contribution in [3.63, 3.8) is 0 Å². The summed E-state index contributed by atoms with van der Waals surface area (Å²) >= 11 is 0. The first-order valence-electron chi connectivity index (χ1n) is 8.83. The van der Waals surface area contributed by atoms with E-state index in [0.29, 0.717) is 19.1 Å². The highest BCUT2D eigenvalue weighted by atomic mass is 32.2. The molecule has 8 heteroatoms. The van der Waals surface area contributed by atoms with Gasteiger partial charge in [-0.05, 0) is 50.1 Å². The fourth-order valence-electron chi connectivity index (χ4n) is 3.80. The Bertz CT molecular complexity index is 798. The Morgan fingerprint density at radius 2 is 1.40 bits per heavy atom. The molecule has 1 saturated carbocycles. The van der Waals surface area contributed by atoms with Crippen molar-refractivity contribution >= 4 is 19.9 Å². The molecule has 0 spiro atoms. The van der Waals surface area contributed by atoms with Gasteiger partial charge in [-0.2, -0.15) is 4.31 Å². The smallest absolute Gasteiger partial charge is 0.243 e. The molecule has 0 N–H and O–H groups in total. The molecule has 1 aliphatic carbocycles. The van der Waals surface area contributed by atoms with Crippen molar-refractivity contribution in [1.82, 2.24) is 9.21 Å². The zero-order valence-electron chi connectivity index (χ0n) is 14.6. The summed E-state index contributed by atoms with van der Waals surface area (Å²) in [6.07, 6.45) is 6.94. The molecule has 1 aliphatic heterocycles. The van der Waals surface area contributed by atoms with Crippen LogP contribution >= 0.6 is 0 Å². The molecule has 6 nitrogen and oxygen atoms in total. The van der Waals surface area contributed by atoms with Crippen LogP contribution in [-0.4, -0.2) is 64.5 Å². The highest BCUT2D eigenvalue weighted by Crippen LogP contribution is 2.26. The minimum Gasteiger partial charge on any atom is -0.299 e. The molecule has 1 aromatic rings. The molecule has 140 valence electrons. The zero-order chi connectivity index (χ0) is 18.1. The lowest BCUT2D eigenvalue weighted by atomic mass is 10.2. The molecular weight excluding hydrogens is 360 g/mol. The lowest BCUT2D eigenvalue weighted by Gasteiger charge is -2.27. The minimum atomic E-state index is -3.58. The average Bonchev–Trinajstić information content (AvgIpc) is 2.98. The predicted molar refractivity (Wildman–Crippen MR) is 96.8 cm³/mol. The minimum absolute atomic E-state index is 0.134. The molecule has 1 saturated heterocycles. The summed E-state index contributed by atoms with van der Waals surface area (Å²) in [5.41, 5.74) is 0. The maximum atomic E-state index is 12.9. The number of hydrogen-bond acceptors (Lipinski definition) is 5. The van der Waals surface area contributed by atoms with Gasteiger partial charge in [0.2, 0.25) is 10.0 Å². The first-order valence-corrected chi connectivity index (χ1v) is 12.2. The van der Waals surface area contributed by atoms with Gasteiger partial charge >= 0.3 is 0 Å². The fourth-order valence-corrected chi connectivity index (χ4v) is 5.90. The van der Waals surface area contributed by atoms with Gasteiger partial charge in [0.15, 0.2) is 9.84 Å². The third kappa shape index (κ3) is 4.24. The van der Waals surface area contributed by atoms with Gasteiger partial charge < -0.3 is 0 Å². The Kier molecular flexibility index (Phi) is 5.53. The molecule has 1 aromatic carbocycles. The number of sulfonamides is 1. The summed E-state index contributed by atoms with van der Waals surface area (Å²) in [7, 11) is -6.91. The average molecular weight is 387 g/mol. The molecular formula is C17H26N2O4S2. The summed E-state index contributed by atoms with van der Waals surface area (Å²) < 4.78 is 50.4. The molecule has 2 fully saturated rings. The second-order valence-corrected chi connectivity index (χ2v) is 10.9. The highest BCUT2D eigenvalue weighted by molar-refractivity contribution is 7.90. The van der Waals surface area contributed by atoms with Crippen molar-refractivity contribution in [1.29, 1.82) is 0 Å². The first kappa shape index (κ1) is 18.8. The number of sulfone groups is 1. The van der Waals surface area contributed by atoms with Gasteiger partial charge in [0.1, 0.15) is 0 Å². The molecule has 3 rings (SSSR count). The maximum absolute atomic E-state index is 12.9. The van der Waals surface area contributed by atoms with Gasteiger partial charge in [-0.25, -0.2) is 16.8 Å². The van der Waals surface area contributed by atoms with Crippen LogP contribution in [0.1, 0.15) is 32.1 Å². The Balaban J connectivity index is 1.73. The van der Waals surface area contributed by atoms with E-state index < -0.39 is 19.9 Å². The molecule has 0 unspecified atom stereocenters. The number of rotatable bonds is 4. The highest BCUT2D eigenvalue weighted by Gasteiger charge is 2.30. The second kappa shape index (κ2) is 7.34. The Morgan fingerprint density at radius 3 is 2.00 bits per heavy atom. The maximum Gasteiger partial charge on any atom is 0.243 e. The standard InChI is InChI=1S/C17H26N2O4S2/c1-24(20,21)16-7-9-17(10-8-16)25(22,23)19-12-4-11-18(13-14-19)15-5-2-3-6-15/h7-10,15H,2-6,11-14H2,1H3. The van der Waals surface area contributed by atoms with Crippen LogP contribution in [0.3, 0.4) is 0 Å². The predicted octanol–water partition coefficient (Wildman–Crippen LogP) is 1.73. The molecule has 0 aromatic heterocycles. The van der Waals surface area contributed by atoms with Crippen molar-refractivity contribution in [2.75, 3.05) is 32.4 Å². The molecule has 2 aliphatic rings. The van der Waals surface area contributed by atoms with Gasteiger partial charge in [-0.15, -0.1) is 0 Å². The Morgan fingerprint density at radius 1 is 0.800 bits per heavy atom. The van der Waals surface area contributed by atoms with Gasteiger partial charge in [0, 0.05) is 31.9 Å². The lowest BCUT2D eigenvalue weighted by Crippen LogP contribution is -2.38. The SMILES string of the molecule is CS(=O)(=O)c1ccc(S(=O)(=O)N2CCCN(C3CCCC3)CC2)cc1. The van der Waals surface area contributed by atoms with Crippen LogP contribution in [0.2, 0.25) is 0 Å². The van der Waals surface area contributed by atoms with E-state index in [1.165, 1.54) is 54.3 Å². The van der Waals surface area contributed by atoms with Crippen molar-refractivity contribution in [2.24, 2.45) is 0 Å². The van der Waals surface area contributed by atoms with E-state index in [4.69, 9.17) is 0 Å². The molecule has 0 amide bonds. The largest absolute Gasteiger partial charge is 0.299 e. The summed E-state index contributed by atoms with van der Waals surface area (Å²) in [6, 6.07) is 6.13. The van der Waals surface area contributed by atoms with E-state index in [1.807, 2.05) is 0 Å². The van der Waals surface area contributed by atoms with Crippen LogP contribution in [0.5, 0.6) is 0 Å². The summed E-state index contributed by atoms with van der Waals surface area (Å²) in [5, 5.41) is 0. The van der Waals surface area contributed by atoms with E-state index >= 15 is 0 Å². The number of benzene rings is 1. The van der Waals surface area contributed by atoms with Gasteiger partial charge in [0.25, 0.3) is 0 Å². The third-order valence-corrected chi connectivity index (χ3v) is 8.26. The van der Waals surface area contributed by atoms with E-state index in [-0.39, 0.29) is 9.79 Å². The van der Waals surface area contributed by atoms with Gasteiger partial charge in [-0.1, -0.05) is 12.8 Å². The molecule has 0 bridgehead atoms. The van der Waals surface area contributed by atoms with E-state index in [2.05, 4.69) is 4.90 Å². The van der Waals surface area contributed by atoms with Crippen LogP contribution < -0.4 is 0 Å². The summed E-state index contributed by atoms with van der Waals surface area (Å²) in [4.78, 5) is 2.74. The Hall–Kier alpha value is -0.960. The van der Waals surface area contributed by atoms with Crippen LogP contribution in [0, 0.1) is 0 Å². The molecule has 25 heavy (non-hydrogen) atoms. The number of nitrogens with zero attached hydrogens (tertiary/aromatic N) is 2. The van der Waals surface area contributed by atoms with E-state index in [9.17, 15) is 16.8 Å². The number of hydrogen-bond donors (Lipinski definition) is 0. The second-order valence-electron chi connectivity index (χ2n) is 6.98. The van der Waals surface area contributed by atoms with E-state index in [1.54, 1.807) is 0 Å². The summed E-state index contributed by atoms with van der Waals surface area (Å²) in [6.45, 7) is 2.72. The molecule has 1 heterocycles. The van der Waals surface area contributed by atoms with Gasteiger partial charge in [0.05, 0.1) is 9.79 Å². The van der Waals surface area contributed by atoms with E-state index in [0.717, 1.165) is 25.8 Å². The molecule has 0 radical (unpaired) electrons. The first-order chi connectivity index (χ1) is 11.8. The van der Waals surface area contributed by atoms with Gasteiger partial charge in [-0.3, -0.25) is 4.90 Å². The van der Waals surface area contributed by atoms with Crippen LogP contribution in [0.15, 0.2) is 34.1 Å². The monoisotopic (exact) mass is 386 g/mol. The fraction of sp³-hybridized carbons (Fsp3) is 0.647. The topological polar surface area (TPSA) is 74.8 Å². The van der Waals surface area contributed by atoms with Crippen molar-refractivity contribution in [3.05, 3.63) is 24.3 Å². The van der Waals surface area contributed by atoms with Crippen LogP contribution in [0.4, 0.5) is 0 Å². The van der Waals surface area contributed by atoms with Crippen molar-refractivity contribution in [3.8, 4) is 0 Å². The van der Waals surface area contributed by atoms with Crippen molar-refractivity contribution in [2.45, 2.75) is 47.9 Å². The van der Waals surface area contributed by atoms with Crippen molar-refractivity contribution < 1.29 is 16.8 Å². The zero-order valence-corrected chi connectivity index (χ0v) is 16.2. The third-order valence-electron chi connectivity index (χ3n) is 5.22. The van der Waals surface area contributed by atoms with Crippen LogP contribution in [0.25, 0.3) is 0 Å². The molecule has 0 atom stereocenters.